The average molecular weight is 380 g/mol. The van der Waals surface area contributed by atoms with Crippen LogP contribution in [0, 0.1) is 5.92 Å². The number of aliphatic carboxylic acids is 1. The van der Waals surface area contributed by atoms with Crippen molar-refractivity contribution in [2.45, 2.75) is 95.2 Å². The molecule has 0 aromatic carbocycles. The summed E-state index contributed by atoms with van der Waals surface area (Å²) >= 11 is 0. The first-order chi connectivity index (χ1) is 13.1. The monoisotopic (exact) mass is 379 g/mol. The Balaban J connectivity index is 1.41. The summed E-state index contributed by atoms with van der Waals surface area (Å²) in [6.45, 7) is 0.434. The normalized spacial score (nSPS) is 28.4. The third-order valence-corrected chi connectivity index (χ3v) is 6.45. The van der Waals surface area contributed by atoms with Crippen LogP contribution in [0.5, 0.6) is 0 Å². The molecule has 3 amide bonds. The largest absolute Gasteiger partial charge is 0.480 e. The number of hydrogen-bond donors (Lipinski definition) is 3. The van der Waals surface area contributed by atoms with E-state index in [0.717, 1.165) is 38.5 Å². The predicted octanol–water partition coefficient (Wildman–Crippen LogP) is 2.64. The van der Waals surface area contributed by atoms with Crippen molar-refractivity contribution < 1.29 is 19.5 Å². The molecule has 3 N–H and O–H groups in total. The molecule has 1 heterocycles. The summed E-state index contributed by atoms with van der Waals surface area (Å²) < 4.78 is 0. The third-order valence-electron chi connectivity index (χ3n) is 6.45. The van der Waals surface area contributed by atoms with Crippen LogP contribution in [0.15, 0.2) is 0 Å². The van der Waals surface area contributed by atoms with E-state index >= 15 is 0 Å². The van der Waals surface area contributed by atoms with E-state index in [9.17, 15) is 19.5 Å². The quantitative estimate of drug-likeness (QED) is 0.618. The molecule has 0 spiro atoms. The Morgan fingerprint density at radius 2 is 1.67 bits per heavy atom. The van der Waals surface area contributed by atoms with Gasteiger partial charge in [-0.15, -0.1) is 0 Å². The molecule has 0 bridgehead atoms. The highest BCUT2D eigenvalue weighted by atomic mass is 16.4. The highest BCUT2D eigenvalue weighted by molar-refractivity contribution is 5.84. The Morgan fingerprint density at radius 1 is 0.963 bits per heavy atom. The molecule has 3 atom stereocenters. The molecule has 3 rings (SSSR count). The van der Waals surface area contributed by atoms with E-state index in [2.05, 4.69) is 10.6 Å². The number of carbonyl (C=O) groups excluding carboxylic acids is 2. The second kappa shape index (κ2) is 9.42. The summed E-state index contributed by atoms with van der Waals surface area (Å²) in [7, 11) is 0. The van der Waals surface area contributed by atoms with Gasteiger partial charge in [0.05, 0.1) is 0 Å². The van der Waals surface area contributed by atoms with Crippen molar-refractivity contribution in [1.82, 2.24) is 15.5 Å². The van der Waals surface area contributed by atoms with Crippen molar-refractivity contribution in [1.29, 1.82) is 0 Å². The molecular formula is C20H33N3O4. The van der Waals surface area contributed by atoms with Gasteiger partial charge in [0.25, 0.3) is 0 Å². The van der Waals surface area contributed by atoms with E-state index < -0.39 is 12.0 Å². The number of likely N-dealkylation sites (tertiary alicyclic amines) is 1. The molecule has 3 unspecified atom stereocenters. The zero-order chi connectivity index (χ0) is 19.2. The average Bonchev–Trinajstić information content (AvgIpc) is 3.06. The van der Waals surface area contributed by atoms with E-state index in [1.165, 1.54) is 19.3 Å². The van der Waals surface area contributed by atoms with E-state index in [-0.39, 0.29) is 30.4 Å². The minimum atomic E-state index is -0.886. The molecule has 1 aliphatic heterocycles. The van der Waals surface area contributed by atoms with Gasteiger partial charge in [0.2, 0.25) is 5.91 Å². The third kappa shape index (κ3) is 5.14. The van der Waals surface area contributed by atoms with Crippen LogP contribution in [0.4, 0.5) is 4.79 Å². The number of nitrogens with zero attached hydrogens (tertiary/aromatic N) is 1. The van der Waals surface area contributed by atoms with Crippen molar-refractivity contribution >= 4 is 17.9 Å². The van der Waals surface area contributed by atoms with E-state index in [1.54, 1.807) is 4.90 Å². The molecule has 0 radical (unpaired) electrons. The smallest absolute Gasteiger partial charge is 0.326 e. The second-order valence-corrected chi connectivity index (χ2v) is 8.34. The number of fused-ring (bicyclic) bond motifs is 1. The first kappa shape index (κ1) is 20.0. The van der Waals surface area contributed by atoms with Gasteiger partial charge >= 0.3 is 12.0 Å². The van der Waals surface area contributed by atoms with Crippen LogP contribution in [0.3, 0.4) is 0 Å². The number of carboxylic acid groups (broad SMARTS) is 1. The lowest BCUT2D eigenvalue weighted by atomic mass is 9.84. The highest BCUT2D eigenvalue weighted by Gasteiger charge is 2.47. The number of amides is 3. The van der Waals surface area contributed by atoms with Gasteiger partial charge in [-0.1, -0.05) is 32.1 Å². The fraction of sp³-hybridized carbons (Fsp3) is 0.850. The summed E-state index contributed by atoms with van der Waals surface area (Å²) in [5.41, 5.74) is 0. The number of carbonyl (C=O) groups is 3. The topological polar surface area (TPSA) is 98.7 Å². The Morgan fingerprint density at radius 3 is 2.41 bits per heavy atom. The first-order valence-corrected chi connectivity index (χ1v) is 10.6. The molecule has 0 aromatic rings. The van der Waals surface area contributed by atoms with E-state index in [1.807, 2.05) is 0 Å². The molecule has 0 aromatic heterocycles. The fourth-order valence-corrected chi connectivity index (χ4v) is 5.09. The molecule has 7 heteroatoms. The fourth-order valence-electron chi connectivity index (χ4n) is 5.09. The summed E-state index contributed by atoms with van der Waals surface area (Å²) in [4.78, 5) is 37.9. The number of rotatable bonds is 6. The molecule has 7 nitrogen and oxygen atoms in total. The Labute approximate surface area is 161 Å². The van der Waals surface area contributed by atoms with Crippen LogP contribution in [0.2, 0.25) is 0 Å². The van der Waals surface area contributed by atoms with Gasteiger partial charge in [0.1, 0.15) is 6.04 Å². The van der Waals surface area contributed by atoms with Crippen molar-refractivity contribution in [2.75, 3.05) is 6.54 Å². The van der Waals surface area contributed by atoms with Crippen LogP contribution < -0.4 is 10.6 Å². The lowest BCUT2D eigenvalue weighted by molar-refractivity contribution is -0.149. The van der Waals surface area contributed by atoms with Crippen LogP contribution in [-0.4, -0.2) is 52.6 Å². The number of hydrogen-bond acceptors (Lipinski definition) is 3. The zero-order valence-electron chi connectivity index (χ0n) is 16.1. The van der Waals surface area contributed by atoms with Gasteiger partial charge in [0.15, 0.2) is 0 Å². The van der Waals surface area contributed by atoms with Gasteiger partial charge in [-0.2, -0.15) is 0 Å². The molecular weight excluding hydrogens is 346 g/mol. The number of urea groups is 1. The van der Waals surface area contributed by atoms with Crippen LogP contribution >= 0.6 is 0 Å². The van der Waals surface area contributed by atoms with E-state index in [4.69, 9.17) is 0 Å². The second-order valence-electron chi connectivity index (χ2n) is 8.34. The Hall–Kier alpha value is -1.79. The maximum absolute atomic E-state index is 12.7. The molecule has 2 saturated carbocycles. The highest BCUT2D eigenvalue weighted by Crippen LogP contribution is 2.40. The minimum Gasteiger partial charge on any atom is -0.480 e. The Bertz CT molecular complexity index is 547. The minimum absolute atomic E-state index is 0.0775. The van der Waals surface area contributed by atoms with Gasteiger partial charge in [-0.3, -0.25) is 4.79 Å². The van der Waals surface area contributed by atoms with Crippen molar-refractivity contribution in [3.05, 3.63) is 0 Å². The van der Waals surface area contributed by atoms with E-state index in [0.29, 0.717) is 25.3 Å². The lowest BCUT2D eigenvalue weighted by Gasteiger charge is -2.33. The SMILES string of the molecule is O=C(NCCCC(=O)N1C(C(=O)O)CC2CCCCC21)NC1CCCCC1. The summed E-state index contributed by atoms with van der Waals surface area (Å²) in [5, 5.41) is 15.3. The van der Waals surface area contributed by atoms with Crippen molar-refractivity contribution in [2.24, 2.45) is 5.92 Å². The van der Waals surface area contributed by atoms with Gasteiger partial charge in [-0.25, -0.2) is 9.59 Å². The van der Waals surface area contributed by atoms with Gasteiger partial charge < -0.3 is 20.6 Å². The summed E-state index contributed by atoms with van der Waals surface area (Å²) in [6, 6.07) is -0.473. The molecule has 1 saturated heterocycles. The Kier molecular flexibility index (Phi) is 6.96. The van der Waals surface area contributed by atoms with Crippen molar-refractivity contribution in [3.8, 4) is 0 Å². The van der Waals surface area contributed by atoms with Crippen molar-refractivity contribution in [3.63, 3.8) is 0 Å². The van der Waals surface area contributed by atoms with Crippen LogP contribution in [0.25, 0.3) is 0 Å². The number of nitrogens with one attached hydrogen (secondary N) is 2. The first-order valence-electron chi connectivity index (χ1n) is 10.6. The van der Waals surface area contributed by atoms with Crippen LogP contribution in [-0.2, 0) is 9.59 Å². The maximum atomic E-state index is 12.7. The van der Waals surface area contributed by atoms with Gasteiger partial charge in [-0.05, 0) is 44.4 Å². The molecule has 152 valence electrons. The molecule has 27 heavy (non-hydrogen) atoms. The predicted molar refractivity (Wildman–Crippen MR) is 101 cm³/mol. The molecule has 3 aliphatic rings. The number of carboxylic acids is 1. The van der Waals surface area contributed by atoms with Gasteiger partial charge in [0, 0.05) is 25.0 Å². The zero-order valence-corrected chi connectivity index (χ0v) is 16.1. The lowest BCUT2D eigenvalue weighted by Crippen LogP contribution is -2.46. The molecule has 3 fully saturated rings. The summed E-state index contributed by atoms with van der Waals surface area (Å²) in [6.07, 6.45) is 11.2. The van der Waals surface area contributed by atoms with Crippen LogP contribution in [0.1, 0.15) is 77.0 Å². The molecule has 2 aliphatic carbocycles. The maximum Gasteiger partial charge on any atom is 0.326 e. The standard InChI is InChI=1S/C20H33N3O4/c24-18(11-6-12-21-20(27)22-15-8-2-1-3-9-15)23-16-10-5-4-7-14(16)13-17(23)19(25)26/h14-17H,1-13H2,(H,25,26)(H2,21,22,27). The summed E-state index contributed by atoms with van der Waals surface area (Å²) in [5.74, 6) is -0.628.